The average molecular weight is 513 g/mol. The van der Waals surface area contributed by atoms with Crippen LogP contribution in [0.4, 0.5) is 5.69 Å². The number of nitrogens with zero attached hydrogens (tertiary/aromatic N) is 6. The molecule has 1 saturated carbocycles. The molecule has 0 amide bonds. The van der Waals surface area contributed by atoms with Gasteiger partial charge in [-0.3, -0.25) is 4.90 Å². The second-order valence-corrected chi connectivity index (χ2v) is 11.5. The first-order chi connectivity index (χ1) is 18.5. The maximum Gasteiger partial charge on any atom is 0.155 e. The Hall–Kier alpha value is -3.03. The topological polar surface area (TPSA) is 70.9 Å². The van der Waals surface area contributed by atoms with E-state index in [0.29, 0.717) is 0 Å². The molecule has 3 aromatic rings. The van der Waals surface area contributed by atoms with Crippen LogP contribution in [-0.2, 0) is 20.0 Å². The van der Waals surface area contributed by atoms with E-state index in [1.54, 1.807) is 0 Å². The number of aryl methyl sites for hydroxylation is 2. The maximum absolute atomic E-state index is 10.1. The standard InChI is InChI=1S/C31H40N6O/c1-4-23-7-5-9-30(37-19-25(21(2)34-37)18-36-14-6-8-27(38)20-36)33-31(23)32-26-12-13-29-28(16-26)24(17-35(29)3)15-22-10-11-22/h5,9,12-13,16-17,19,22-23,27,38H,4,6-8,10-11,14-15,18,20H2,1-3H3. The van der Waals surface area contributed by atoms with E-state index in [9.17, 15) is 5.11 Å². The molecule has 1 N–H and O–H groups in total. The summed E-state index contributed by atoms with van der Waals surface area (Å²) in [5, 5.41) is 16.2. The molecule has 0 bridgehead atoms. The first kappa shape index (κ1) is 25.3. The number of rotatable bonds is 6. The zero-order valence-electron chi connectivity index (χ0n) is 23.0. The van der Waals surface area contributed by atoms with Gasteiger partial charge in [-0.2, -0.15) is 5.10 Å². The SMILES string of the molecule is CCC1CC=CC(n2cc(CN3CCCC(O)C3)c(C)n2)=NC1=Nc1ccc2c(c1)c(CC1CC1)cn2C. The van der Waals surface area contributed by atoms with Gasteiger partial charge in [0, 0.05) is 54.9 Å². The Morgan fingerprint density at radius 2 is 2.00 bits per heavy atom. The van der Waals surface area contributed by atoms with Gasteiger partial charge in [0.25, 0.3) is 0 Å². The van der Waals surface area contributed by atoms with Crippen molar-refractivity contribution < 1.29 is 5.11 Å². The molecular weight excluding hydrogens is 472 g/mol. The Morgan fingerprint density at radius 3 is 2.79 bits per heavy atom. The van der Waals surface area contributed by atoms with Gasteiger partial charge in [-0.25, -0.2) is 14.7 Å². The number of piperidine rings is 1. The number of aliphatic imine (C=N–C) groups is 2. The van der Waals surface area contributed by atoms with Crippen LogP contribution in [-0.4, -0.2) is 55.2 Å². The molecule has 0 radical (unpaired) electrons. The number of benzene rings is 1. The lowest BCUT2D eigenvalue weighted by molar-refractivity contribution is 0.0667. The Kier molecular flexibility index (Phi) is 7.06. The van der Waals surface area contributed by atoms with Crippen molar-refractivity contribution in [2.24, 2.45) is 28.9 Å². The maximum atomic E-state index is 10.1. The number of likely N-dealkylation sites (tertiary alicyclic amines) is 1. The second kappa shape index (κ2) is 10.6. The first-order valence-corrected chi connectivity index (χ1v) is 14.3. The molecule has 200 valence electrons. The van der Waals surface area contributed by atoms with Crippen LogP contribution in [0, 0.1) is 18.8 Å². The molecule has 3 aliphatic rings. The summed E-state index contributed by atoms with van der Waals surface area (Å²) in [6.45, 7) is 6.83. The number of aliphatic hydroxyl groups excluding tert-OH is 1. The van der Waals surface area contributed by atoms with E-state index in [2.05, 4.69) is 73.1 Å². The van der Waals surface area contributed by atoms with E-state index in [-0.39, 0.29) is 12.0 Å². The fourth-order valence-corrected chi connectivity index (χ4v) is 5.93. The number of hydrogen-bond acceptors (Lipinski definition) is 4. The molecule has 6 rings (SSSR count). The van der Waals surface area contributed by atoms with E-state index >= 15 is 0 Å². The lowest BCUT2D eigenvalue weighted by atomic mass is 10.0. The smallest absolute Gasteiger partial charge is 0.155 e. The van der Waals surface area contributed by atoms with Gasteiger partial charge in [0.2, 0.25) is 0 Å². The van der Waals surface area contributed by atoms with Gasteiger partial charge in [-0.1, -0.05) is 13.0 Å². The quantitative estimate of drug-likeness (QED) is 0.470. The Labute approximate surface area is 225 Å². The molecule has 2 fully saturated rings. The molecule has 4 heterocycles. The fraction of sp³-hybridized carbons (Fsp3) is 0.516. The van der Waals surface area contributed by atoms with Crippen LogP contribution in [0.25, 0.3) is 10.9 Å². The van der Waals surface area contributed by atoms with Crippen molar-refractivity contribution in [3.8, 4) is 0 Å². The van der Waals surface area contributed by atoms with Crippen molar-refractivity contribution in [2.75, 3.05) is 13.1 Å². The highest BCUT2D eigenvalue weighted by Crippen LogP contribution is 2.36. The van der Waals surface area contributed by atoms with E-state index in [1.165, 1.54) is 41.3 Å². The third-order valence-electron chi connectivity index (χ3n) is 8.39. The van der Waals surface area contributed by atoms with Gasteiger partial charge < -0.3 is 9.67 Å². The minimum Gasteiger partial charge on any atom is -0.392 e. The Bertz CT molecular complexity index is 1410. The Balaban J connectivity index is 1.31. The summed E-state index contributed by atoms with van der Waals surface area (Å²) < 4.78 is 4.15. The molecule has 7 nitrogen and oxygen atoms in total. The summed E-state index contributed by atoms with van der Waals surface area (Å²) in [6, 6.07) is 6.58. The van der Waals surface area contributed by atoms with E-state index in [0.717, 1.165) is 74.3 Å². The predicted molar refractivity (Wildman–Crippen MR) is 154 cm³/mol. The van der Waals surface area contributed by atoms with Crippen molar-refractivity contribution in [1.82, 2.24) is 19.2 Å². The van der Waals surface area contributed by atoms with Gasteiger partial charge in [-0.15, -0.1) is 0 Å². The fourth-order valence-electron chi connectivity index (χ4n) is 5.93. The summed E-state index contributed by atoms with van der Waals surface area (Å²) in [5.74, 6) is 2.80. The number of amidine groups is 1. The van der Waals surface area contributed by atoms with Gasteiger partial charge in [0.1, 0.15) is 5.84 Å². The molecule has 2 atom stereocenters. The van der Waals surface area contributed by atoms with E-state index < -0.39 is 0 Å². The monoisotopic (exact) mass is 512 g/mol. The molecular formula is C31H40N6O. The number of aromatic nitrogens is 3. The molecule has 1 aliphatic carbocycles. The summed E-state index contributed by atoms with van der Waals surface area (Å²) in [7, 11) is 2.14. The molecule has 0 spiro atoms. The van der Waals surface area contributed by atoms with Crippen molar-refractivity contribution in [2.45, 2.75) is 71.4 Å². The minimum atomic E-state index is -0.224. The predicted octanol–water partition coefficient (Wildman–Crippen LogP) is 5.56. The average Bonchev–Trinajstić information content (AvgIpc) is 3.62. The zero-order chi connectivity index (χ0) is 26.2. The van der Waals surface area contributed by atoms with Crippen molar-refractivity contribution in [1.29, 1.82) is 0 Å². The third-order valence-corrected chi connectivity index (χ3v) is 8.39. The first-order valence-electron chi connectivity index (χ1n) is 14.3. The number of aliphatic hydroxyl groups is 1. The molecule has 2 aromatic heterocycles. The van der Waals surface area contributed by atoms with Crippen LogP contribution in [0.2, 0.25) is 0 Å². The summed E-state index contributed by atoms with van der Waals surface area (Å²) in [4.78, 5) is 12.6. The lowest BCUT2D eigenvalue weighted by Gasteiger charge is -2.29. The zero-order valence-corrected chi connectivity index (χ0v) is 23.0. The summed E-state index contributed by atoms with van der Waals surface area (Å²) >= 11 is 0. The number of allylic oxidation sites excluding steroid dienone is 2. The summed E-state index contributed by atoms with van der Waals surface area (Å²) in [6.07, 6.45) is 16.2. The van der Waals surface area contributed by atoms with Crippen LogP contribution < -0.4 is 0 Å². The van der Waals surface area contributed by atoms with Crippen LogP contribution in [0.1, 0.15) is 62.3 Å². The number of β-amino-alcohol motifs (C(OH)–C–C–N with tert-alkyl or cyclic N) is 1. The van der Waals surface area contributed by atoms with Gasteiger partial charge in [0.15, 0.2) is 5.84 Å². The number of hydrogen-bond donors (Lipinski definition) is 1. The largest absolute Gasteiger partial charge is 0.392 e. The van der Waals surface area contributed by atoms with Crippen LogP contribution in [0.15, 0.2) is 52.7 Å². The lowest BCUT2D eigenvalue weighted by Crippen LogP contribution is -2.37. The molecule has 7 heteroatoms. The van der Waals surface area contributed by atoms with Crippen LogP contribution >= 0.6 is 0 Å². The highest BCUT2D eigenvalue weighted by molar-refractivity contribution is 6.05. The van der Waals surface area contributed by atoms with Crippen molar-refractivity contribution in [3.05, 3.63) is 59.6 Å². The Morgan fingerprint density at radius 1 is 1.13 bits per heavy atom. The molecule has 1 saturated heterocycles. The third kappa shape index (κ3) is 5.40. The van der Waals surface area contributed by atoms with Crippen molar-refractivity contribution >= 4 is 28.3 Å². The number of fused-ring (bicyclic) bond motifs is 1. The van der Waals surface area contributed by atoms with Gasteiger partial charge >= 0.3 is 0 Å². The van der Waals surface area contributed by atoms with Crippen LogP contribution in [0.3, 0.4) is 0 Å². The summed E-state index contributed by atoms with van der Waals surface area (Å²) in [5.41, 5.74) is 5.87. The van der Waals surface area contributed by atoms with Crippen molar-refractivity contribution in [3.63, 3.8) is 0 Å². The normalized spacial score (nSPS) is 23.8. The van der Waals surface area contributed by atoms with Crippen LogP contribution in [0.5, 0.6) is 0 Å². The van der Waals surface area contributed by atoms with E-state index in [4.69, 9.17) is 15.1 Å². The highest BCUT2D eigenvalue weighted by atomic mass is 16.3. The second-order valence-electron chi connectivity index (χ2n) is 11.5. The minimum absolute atomic E-state index is 0.224. The molecule has 2 unspecified atom stereocenters. The van der Waals surface area contributed by atoms with E-state index in [1.807, 2.05) is 4.68 Å². The highest BCUT2D eigenvalue weighted by Gasteiger charge is 2.24. The molecule has 2 aliphatic heterocycles. The van der Waals surface area contributed by atoms with Gasteiger partial charge in [0.05, 0.1) is 17.5 Å². The van der Waals surface area contributed by atoms with Gasteiger partial charge in [-0.05, 0) is 94.2 Å². The molecule has 1 aromatic carbocycles. The molecule has 38 heavy (non-hydrogen) atoms.